The van der Waals surface area contributed by atoms with Gasteiger partial charge in [0.1, 0.15) is 0 Å². The van der Waals surface area contributed by atoms with E-state index in [2.05, 4.69) is 9.12 Å². The molecule has 4 aromatic rings. The van der Waals surface area contributed by atoms with Gasteiger partial charge < -0.3 is 0 Å². The van der Waals surface area contributed by atoms with Gasteiger partial charge in [-0.25, -0.2) is 4.99 Å². The van der Waals surface area contributed by atoms with Crippen molar-refractivity contribution in [2.75, 3.05) is 0 Å². The molecule has 0 aliphatic heterocycles. The van der Waals surface area contributed by atoms with E-state index in [-0.39, 0.29) is 11.4 Å². The van der Waals surface area contributed by atoms with Crippen molar-refractivity contribution in [2.24, 2.45) is 9.39 Å². The zero-order valence-electron chi connectivity index (χ0n) is 19.1. The van der Waals surface area contributed by atoms with E-state index in [1.807, 2.05) is 60.7 Å². The minimum Gasteiger partial charge on any atom is -0.258 e. The van der Waals surface area contributed by atoms with Crippen LogP contribution in [0.5, 0.6) is 0 Å². The fourth-order valence-corrected chi connectivity index (χ4v) is 4.19. The van der Waals surface area contributed by atoms with E-state index in [0.717, 1.165) is 35.0 Å². The molecule has 37 heavy (non-hydrogen) atoms. The van der Waals surface area contributed by atoms with Crippen LogP contribution in [0.4, 0.5) is 11.4 Å². The van der Waals surface area contributed by atoms with Crippen molar-refractivity contribution in [3.63, 3.8) is 0 Å². The molecule has 0 heterocycles. The van der Waals surface area contributed by atoms with Gasteiger partial charge in [-0.1, -0.05) is 60.7 Å². The highest BCUT2D eigenvalue weighted by molar-refractivity contribution is 7.98. The van der Waals surface area contributed by atoms with Crippen molar-refractivity contribution >= 4 is 46.9 Å². The van der Waals surface area contributed by atoms with Gasteiger partial charge in [-0.05, 0) is 24.3 Å². The molecule has 0 aromatic heterocycles. The Bertz CT molecular complexity index is 1430. The van der Waals surface area contributed by atoms with Gasteiger partial charge in [-0.2, -0.15) is 9.12 Å². The van der Waals surface area contributed by atoms with Crippen LogP contribution >= 0.6 is 23.9 Å². The van der Waals surface area contributed by atoms with Gasteiger partial charge in [-0.15, -0.1) is 0 Å². The van der Waals surface area contributed by atoms with Gasteiger partial charge in [0, 0.05) is 69.1 Å². The van der Waals surface area contributed by atoms with Crippen LogP contribution in [0.1, 0.15) is 11.1 Å². The van der Waals surface area contributed by atoms with Crippen molar-refractivity contribution in [3.05, 3.63) is 141 Å². The normalized spacial score (nSPS) is 11.7. The first-order valence-corrected chi connectivity index (χ1v) is 12.4. The van der Waals surface area contributed by atoms with Crippen LogP contribution < -0.4 is 4.72 Å². The average Bonchev–Trinajstić information content (AvgIpc) is 2.94. The Hall–Kier alpha value is -4.48. The maximum atomic E-state index is 10.9. The number of aliphatic imine (C=N–C) groups is 1. The fraction of sp³-hybridized carbons (Fsp3) is 0. The molecule has 183 valence electrons. The molecule has 0 bridgehead atoms. The molecule has 0 atom stereocenters. The Labute approximate surface area is 220 Å². The summed E-state index contributed by atoms with van der Waals surface area (Å²) in [5.41, 5.74) is 1.54. The summed E-state index contributed by atoms with van der Waals surface area (Å²) >= 11 is 2.29. The summed E-state index contributed by atoms with van der Waals surface area (Å²) < 4.78 is 9.24. The summed E-state index contributed by atoms with van der Waals surface area (Å²) in [7, 11) is 0. The number of non-ortho nitro benzene ring substituents is 2. The topological polar surface area (TPSA) is 125 Å². The molecule has 1 radical (unpaired) electrons. The predicted octanol–water partition coefficient (Wildman–Crippen LogP) is 6.72. The van der Waals surface area contributed by atoms with Crippen molar-refractivity contribution in [3.8, 4) is 0 Å². The van der Waals surface area contributed by atoms with Crippen LogP contribution in [0.15, 0.2) is 128 Å². The maximum Gasteiger partial charge on any atom is 0.269 e. The monoisotopic (exact) mass is 528 g/mol. The van der Waals surface area contributed by atoms with Gasteiger partial charge in [0.2, 0.25) is 0 Å². The molecule has 0 spiro atoms. The standard InChI is InChI=1S/C26H18N5O4S2/c32-30(33)21-11-15-23(16-12-21)36-28-25(19-7-3-1-4-8-19)27-26(20-9-5-2-6-10-20)29-37-24-17-13-22(14-18-24)31(34)35/h1-18H/b27-25?,29-26+. The van der Waals surface area contributed by atoms with Crippen LogP contribution in [0, 0.1) is 20.2 Å². The third kappa shape index (κ3) is 7.26. The Morgan fingerprint density at radius 2 is 1.00 bits per heavy atom. The Kier molecular flexibility index (Phi) is 8.63. The average molecular weight is 529 g/mol. The summed E-state index contributed by atoms with van der Waals surface area (Å²) in [5.74, 6) is 0.826. The highest BCUT2D eigenvalue weighted by Gasteiger charge is 2.12. The second kappa shape index (κ2) is 12.5. The van der Waals surface area contributed by atoms with Crippen molar-refractivity contribution in [1.29, 1.82) is 0 Å². The number of nitrogens with zero attached hydrogens (tertiary/aromatic N) is 5. The van der Waals surface area contributed by atoms with E-state index in [4.69, 9.17) is 4.99 Å². The van der Waals surface area contributed by atoms with Crippen LogP contribution in [-0.4, -0.2) is 21.5 Å². The van der Waals surface area contributed by atoms with Crippen LogP contribution in [0.25, 0.3) is 0 Å². The number of nitro benzene ring substituents is 2. The van der Waals surface area contributed by atoms with Crippen molar-refractivity contribution in [2.45, 2.75) is 9.79 Å². The fourth-order valence-electron chi connectivity index (χ4n) is 3.00. The second-order valence-electron chi connectivity index (χ2n) is 7.36. The maximum absolute atomic E-state index is 10.9. The molecule has 9 nitrogen and oxygen atoms in total. The molecular formula is C26H18N5O4S2. The number of rotatable bonds is 8. The third-order valence-electron chi connectivity index (χ3n) is 4.85. The van der Waals surface area contributed by atoms with Gasteiger partial charge >= 0.3 is 0 Å². The lowest BCUT2D eigenvalue weighted by Gasteiger charge is -2.09. The van der Waals surface area contributed by atoms with E-state index in [1.54, 1.807) is 24.3 Å². The number of nitro groups is 2. The van der Waals surface area contributed by atoms with Gasteiger partial charge in [0.15, 0.2) is 11.7 Å². The van der Waals surface area contributed by atoms with E-state index < -0.39 is 9.85 Å². The Balaban J connectivity index is 1.65. The third-order valence-corrected chi connectivity index (χ3v) is 6.34. The molecule has 11 heteroatoms. The smallest absolute Gasteiger partial charge is 0.258 e. The number of benzene rings is 4. The number of hydrogen-bond donors (Lipinski definition) is 0. The van der Waals surface area contributed by atoms with Crippen LogP contribution in [-0.2, 0) is 0 Å². The minimum absolute atomic E-state index is 0.00284. The quantitative estimate of drug-likeness (QED) is 0.0822. The van der Waals surface area contributed by atoms with Gasteiger partial charge in [-0.3, -0.25) is 20.2 Å². The minimum atomic E-state index is -0.451. The van der Waals surface area contributed by atoms with Crippen LogP contribution in [0.2, 0.25) is 0 Å². The van der Waals surface area contributed by atoms with E-state index in [1.165, 1.54) is 24.3 Å². The lowest BCUT2D eigenvalue weighted by molar-refractivity contribution is -0.385. The van der Waals surface area contributed by atoms with Gasteiger partial charge in [0.25, 0.3) is 11.4 Å². The molecule has 0 unspecified atom stereocenters. The van der Waals surface area contributed by atoms with E-state index >= 15 is 0 Å². The first-order valence-electron chi connectivity index (χ1n) is 10.8. The van der Waals surface area contributed by atoms with Gasteiger partial charge in [0.05, 0.1) is 9.85 Å². The molecular weight excluding hydrogens is 510 g/mol. The SMILES string of the molecule is O=[N+]([O-])c1ccc(S[N]C(=N/C(=N/Sc2ccc([N+](=O)[O-])cc2)c2ccccc2)c2ccccc2)cc1. The van der Waals surface area contributed by atoms with Crippen molar-refractivity contribution < 1.29 is 9.85 Å². The lowest BCUT2D eigenvalue weighted by Crippen LogP contribution is -2.14. The van der Waals surface area contributed by atoms with E-state index in [0.29, 0.717) is 21.5 Å². The lowest BCUT2D eigenvalue weighted by atomic mass is 10.2. The summed E-state index contributed by atoms with van der Waals surface area (Å²) in [6.45, 7) is 0. The first kappa shape index (κ1) is 25.6. The Morgan fingerprint density at radius 1 is 0.568 bits per heavy atom. The molecule has 4 aromatic carbocycles. The summed E-state index contributed by atoms with van der Waals surface area (Å²) in [6.07, 6.45) is 0. The summed E-state index contributed by atoms with van der Waals surface area (Å²) in [5, 5.41) is 21.9. The highest BCUT2D eigenvalue weighted by Crippen LogP contribution is 2.25. The number of amidine groups is 2. The van der Waals surface area contributed by atoms with Crippen molar-refractivity contribution in [1.82, 2.24) is 4.72 Å². The first-order chi connectivity index (χ1) is 18.0. The Morgan fingerprint density at radius 3 is 1.46 bits per heavy atom. The molecule has 0 fully saturated rings. The largest absolute Gasteiger partial charge is 0.269 e. The highest BCUT2D eigenvalue weighted by atomic mass is 32.2. The summed E-state index contributed by atoms with van der Waals surface area (Å²) in [4.78, 5) is 27.2. The number of hydrogen-bond acceptors (Lipinski definition) is 7. The second-order valence-corrected chi connectivity index (χ2v) is 9.03. The molecule has 0 saturated heterocycles. The molecule has 0 amide bonds. The van der Waals surface area contributed by atoms with E-state index in [9.17, 15) is 20.2 Å². The van der Waals surface area contributed by atoms with Crippen LogP contribution in [0.3, 0.4) is 0 Å². The predicted molar refractivity (Wildman–Crippen MR) is 146 cm³/mol. The molecule has 0 aliphatic rings. The summed E-state index contributed by atoms with van der Waals surface area (Å²) in [6, 6.07) is 31.0. The molecule has 0 N–H and O–H groups in total. The molecule has 0 aliphatic carbocycles. The zero-order valence-corrected chi connectivity index (χ0v) is 20.7. The molecule has 0 saturated carbocycles. The molecule has 4 rings (SSSR count). The zero-order chi connectivity index (χ0) is 26.0.